The van der Waals surface area contributed by atoms with Gasteiger partial charge < -0.3 is 9.47 Å². The summed E-state index contributed by atoms with van der Waals surface area (Å²) in [6.45, 7) is 3.30. The molecule has 0 bridgehead atoms. The Morgan fingerprint density at radius 3 is 2.12 bits per heavy atom. The molecule has 122 valence electrons. The largest absolute Gasteiger partial charge is 0.341 e. The first-order valence-electron chi connectivity index (χ1n) is 7.98. The van der Waals surface area contributed by atoms with Crippen LogP contribution in [0.5, 0.6) is 0 Å². The van der Waals surface area contributed by atoms with Crippen LogP contribution >= 0.6 is 11.6 Å². The summed E-state index contributed by atoms with van der Waals surface area (Å²) in [6, 6.07) is 15.9. The van der Waals surface area contributed by atoms with Crippen molar-refractivity contribution in [3.63, 3.8) is 0 Å². The Kier molecular flexibility index (Phi) is 5.72. The first-order chi connectivity index (χ1) is 11.7. The molecule has 1 fully saturated rings. The first kappa shape index (κ1) is 16.8. The van der Waals surface area contributed by atoms with Gasteiger partial charge in [-0.1, -0.05) is 53.9 Å². The third kappa shape index (κ3) is 4.49. The van der Waals surface area contributed by atoms with Gasteiger partial charge in [0.15, 0.2) is 0 Å². The van der Waals surface area contributed by atoms with Crippen LogP contribution in [0, 0.1) is 17.8 Å². The Bertz CT molecular complexity index is 743. The molecule has 2 nitrogen and oxygen atoms in total. The molecule has 1 aliphatic heterocycles. The third-order valence-corrected chi connectivity index (χ3v) is 4.04. The van der Waals surface area contributed by atoms with Crippen molar-refractivity contribution >= 4 is 11.6 Å². The number of allylic oxidation sites excluding steroid dienone is 1. The van der Waals surface area contributed by atoms with Crippen LogP contribution in [-0.2, 0) is 9.47 Å². The fraction of sp³-hybridized carbons (Fsp3) is 0.238. The van der Waals surface area contributed by atoms with Crippen LogP contribution in [-0.4, -0.2) is 19.5 Å². The molecule has 0 atom stereocenters. The lowest BCUT2D eigenvalue weighted by molar-refractivity contribution is -0.160. The van der Waals surface area contributed by atoms with Gasteiger partial charge in [0.25, 0.3) is 0 Å². The van der Waals surface area contributed by atoms with Crippen molar-refractivity contribution < 1.29 is 9.47 Å². The van der Waals surface area contributed by atoms with E-state index in [-0.39, 0.29) is 0 Å². The second-order valence-corrected chi connectivity index (χ2v) is 6.07. The Morgan fingerprint density at radius 1 is 0.958 bits per heavy atom. The normalized spacial score (nSPS) is 20.6. The van der Waals surface area contributed by atoms with Gasteiger partial charge in [0.05, 0.1) is 13.2 Å². The highest BCUT2D eigenvalue weighted by Gasteiger charge is 2.18. The minimum atomic E-state index is -0.442. The predicted octanol–water partition coefficient (Wildman–Crippen LogP) is 4.92. The zero-order valence-electron chi connectivity index (χ0n) is 13.5. The molecule has 2 aromatic carbocycles. The smallest absolute Gasteiger partial charge is 0.222 e. The SMILES string of the molecule is C/C=C/[C@H]1CO[C@H](C#Cc2ccc(-c3ccc(Cl)cc3)cc2)OC1. The van der Waals surface area contributed by atoms with Crippen molar-refractivity contribution in [1.82, 2.24) is 0 Å². The molecule has 0 spiro atoms. The zero-order valence-corrected chi connectivity index (χ0v) is 14.3. The van der Waals surface area contributed by atoms with E-state index in [1.807, 2.05) is 49.4 Å². The van der Waals surface area contributed by atoms with Crippen molar-refractivity contribution in [1.29, 1.82) is 0 Å². The lowest BCUT2D eigenvalue weighted by atomic mass is 10.0. The van der Waals surface area contributed by atoms with Crippen molar-refractivity contribution in [2.24, 2.45) is 5.92 Å². The van der Waals surface area contributed by atoms with Gasteiger partial charge in [0.2, 0.25) is 6.29 Å². The predicted molar refractivity (Wildman–Crippen MR) is 97.8 cm³/mol. The summed E-state index contributed by atoms with van der Waals surface area (Å²) < 4.78 is 11.2. The molecule has 3 heteroatoms. The molecule has 0 aromatic heterocycles. The van der Waals surface area contributed by atoms with Gasteiger partial charge in [-0.2, -0.15) is 0 Å². The highest BCUT2D eigenvalue weighted by Crippen LogP contribution is 2.21. The number of benzene rings is 2. The fourth-order valence-corrected chi connectivity index (χ4v) is 2.64. The van der Waals surface area contributed by atoms with E-state index < -0.39 is 6.29 Å². The number of hydrogen-bond donors (Lipinski definition) is 0. The van der Waals surface area contributed by atoms with E-state index in [1.165, 1.54) is 0 Å². The second-order valence-electron chi connectivity index (χ2n) is 5.64. The van der Waals surface area contributed by atoms with Crippen LogP contribution < -0.4 is 0 Å². The average Bonchev–Trinajstić information content (AvgIpc) is 2.63. The van der Waals surface area contributed by atoms with Gasteiger partial charge in [-0.05, 0) is 48.2 Å². The van der Waals surface area contributed by atoms with E-state index in [9.17, 15) is 0 Å². The molecule has 2 aromatic rings. The maximum absolute atomic E-state index is 5.92. The number of halogens is 1. The van der Waals surface area contributed by atoms with Crippen molar-refractivity contribution in [3.8, 4) is 23.0 Å². The monoisotopic (exact) mass is 338 g/mol. The van der Waals surface area contributed by atoms with Crippen molar-refractivity contribution in [2.75, 3.05) is 13.2 Å². The highest BCUT2D eigenvalue weighted by atomic mass is 35.5. The number of rotatable bonds is 2. The maximum Gasteiger partial charge on any atom is 0.222 e. The third-order valence-electron chi connectivity index (χ3n) is 3.78. The van der Waals surface area contributed by atoms with E-state index in [0.29, 0.717) is 19.1 Å². The Hall–Kier alpha value is -2.05. The molecule has 0 aliphatic carbocycles. The fourth-order valence-electron chi connectivity index (χ4n) is 2.52. The maximum atomic E-state index is 5.92. The second kappa shape index (κ2) is 8.17. The van der Waals surface area contributed by atoms with Crippen LogP contribution in [0.25, 0.3) is 11.1 Å². The molecule has 0 saturated carbocycles. The summed E-state index contributed by atoms with van der Waals surface area (Å²) in [6.07, 6.45) is 3.67. The van der Waals surface area contributed by atoms with E-state index in [1.54, 1.807) is 0 Å². The molecule has 0 radical (unpaired) electrons. The minimum Gasteiger partial charge on any atom is -0.341 e. The van der Waals surface area contributed by atoms with E-state index in [4.69, 9.17) is 21.1 Å². The van der Waals surface area contributed by atoms with Crippen LogP contribution in [0.4, 0.5) is 0 Å². The average molecular weight is 339 g/mol. The summed E-state index contributed by atoms with van der Waals surface area (Å²) in [7, 11) is 0. The van der Waals surface area contributed by atoms with Crippen molar-refractivity contribution in [2.45, 2.75) is 13.2 Å². The summed E-state index contributed by atoms with van der Waals surface area (Å²) in [5.74, 6) is 6.47. The van der Waals surface area contributed by atoms with Crippen LogP contribution in [0.1, 0.15) is 12.5 Å². The molecule has 0 unspecified atom stereocenters. The Labute approximate surface area is 148 Å². The quantitative estimate of drug-likeness (QED) is 0.571. The van der Waals surface area contributed by atoms with Gasteiger partial charge in [0.1, 0.15) is 0 Å². The zero-order chi connectivity index (χ0) is 16.8. The van der Waals surface area contributed by atoms with Gasteiger partial charge in [-0.3, -0.25) is 0 Å². The van der Waals surface area contributed by atoms with Crippen LogP contribution in [0.15, 0.2) is 60.7 Å². The van der Waals surface area contributed by atoms with Crippen molar-refractivity contribution in [3.05, 3.63) is 71.3 Å². The van der Waals surface area contributed by atoms with Crippen LogP contribution in [0.2, 0.25) is 5.02 Å². The molecular weight excluding hydrogens is 320 g/mol. The molecular formula is C21H19ClO2. The topological polar surface area (TPSA) is 18.5 Å². The molecule has 24 heavy (non-hydrogen) atoms. The van der Waals surface area contributed by atoms with E-state index in [2.05, 4.69) is 30.0 Å². The number of ether oxygens (including phenoxy) is 2. The Balaban J connectivity index is 1.62. The summed E-state index contributed by atoms with van der Waals surface area (Å²) in [5, 5.41) is 0.741. The van der Waals surface area contributed by atoms with E-state index >= 15 is 0 Å². The molecule has 1 heterocycles. The molecule has 1 saturated heterocycles. The van der Waals surface area contributed by atoms with Gasteiger partial charge >= 0.3 is 0 Å². The number of hydrogen-bond acceptors (Lipinski definition) is 2. The minimum absolute atomic E-state index is 0.326. The summed E-state index contributed by atoms with van der Waals surface area (Å²) in [5.41, 5.74) is 3.21. The lowest BCUT2D eigenvalue weighted by Crippen LogP contribution is -2.30. The van der Waals surface area contributed by atoms with Gasteiger partial charge in [-0.25, -0.2) is 0 Å². The molecule has 0 N–H and O–H groups in total. The highest BCUT2D eigenvalue weighted by molar-refractivity contribution is 6.30. The summed E-state index contributed by atoms with van der Waals surface area (Å²) in [4.78, 5) is 0. The molecule has 0 amide bonds. The summed E-state index contributed by atoms with van der Waals surface area (Å²) >= 11 is 5.92. The standard InChI is InChI=1S/C21H19ClO2/c1-2-3-17-14-23-21(24-15-17)13-6-16-4-7-18(8-5-16)19-9-11-20(22)12-10-19/h2-5,7-12,17,21H,14-15H2,1H3/b3-2+/t17-,21-. The lowest BCUT2D eigenvalue weighted by Gasteiger charge is -2.24. The van der Waals surface area contributed by atoms with Crippen LogP contribution in [0.3, 0.4) is 0 Å². The molecule has 3 rings (SSSR count). The Morgan fingerprint density at radius 2 is 1.54 bits per heavy atom. The van der Waals surface area contributed by atoms with Gasteiger partial charge in [-0.15, -0.1) is 0 Å². The first-order valence-corrected chi connectivity index (χ1v) is 8.36. The molecule has 1 aliphatic rings. The van der Waals surface area contributed by atoms with Gasteiger partial charge in [0, 0.05) is 16.5 Å². The van der Waals surface area contributed by atoms with E-state index in [0.717, 1.165) is 21.7 Å².